The molecule has 2 atom stereocenters. The highest BCUT2D eigenvalue weighted by molar-refractivity contribution is 6.42. The van der Waals surface area contributed by atoms with Gasteiger partial charge in [0.25, 0.3) is 0 Å². The fourth-order valence-electron chi connectivity index (χ4n) is 3.76. The molecule has 1 saturated heterocycles. The molecule has 158 valence electrons. The lowest BCUT2D eigenvalue weighted by atomic mass is 10.1. The number of morpholine rings is 1. The molecule has 2 aromatic carbocycles. The number of methoxy groups -OCH3 is 1. The van der Waals surface area contributed by atoms with E-state index in [1.165, 1.54) is 7.11 Å². The van der Waals surface area contributed by atoms with Crippen molar-refractivity contribution in [3.8, 4) is 0 Å². The van der Waals surface area contributed by atoms with Crippen LogP contribution in [0.1, 0.15) is 28.3 Å². The fraction of sp³-hybridized carbons (Fsp3) is 0.364. The number of hydrogen-bond donors (Lipinski definition) is 1. The summed E-state index contributed by atoms with van der Waals surface area (Å²) in [5.74, 6) is -0.701. The molecular weight excluding hydrogens is 427 g/mol. The molecule has 2 unspecified atom stereocenters. The van der Waals surface area contributed by atoms with Gasteiger partial charge in [-0.05, 0) is 48.2 Å². The summed E-state index contributed by atoms with van der Waals surface area (Å²) >= 11 is 12.1. The van der Waals surface area contributed by atoms with Crippen LogP contribution >= 0.6 is 23.2 Å². The molecule has 8 heteroatoms. The third-order valence-electron chi connectivity index (χ3n) is 5.54. The maximum atomic E-state index is 12.8. The summed E-state index contributed by atoms with van der Waals surface area (Å²) in [6, 6.07) is 10.9. The van der Waals surface area contributed by atoms with Crippen molar-refractivity contribution < 1.29 is 19.1 Å². The highest BCUT2D eigenvalue weighted by Crippen LogP contribution is 2.49. The summed E-state index contributed by atoms with van der Waals surface area (Å²) in [5, 5.41) is 3.87. The average molecular weight is 449 g/mol. The quantitative estimate of drug-likeness (QED) is 0.688. The van der Waals surface area contributed by atoms with Crippen molar-refractivity contribution in [2.75, 3.05) is 43.6 Å². The van der Waals surface area contributed by atoms with Crippen LogP contribution in [-0.2, 0) is 14.3 Å². The van der Waals surface area contributed by atoms with Crippen molar-refractivity contribution in [1.29, 1.82) is 0 Å². The molecule has 30 heavy (non-hydrogen) atoms. The number of ether oxygens (including phenoxy) is 2. The van der Waals surface area contributed by atoms with Crippen LogP contribution in [0.5, 0.6) is 0 Å². The SMILES string of the molecule is COC(=O)c1cc(N2CCOCC2)ccc1NC(=O)C1CC1c1ccc(Cl)c(Cl)c1. The molecule has 1 heterocycles. The van der Waals surface area contributed by atoms with E-state index in [4.69, 9.17) is 32.7 Å². The third-order valence-corrected chi connectivity index (χ3v) is 6.28. The Morgan fingerprint density at radius 1 is 1.10 bits per heavy atom. The maximum absolute atomic E-state index is 12.8. The van der Waals surface area contributed by atoms with Crippen LogP contribution in [-0.4, -0.2) is 45.3 Å². The number of esters is 1. The molecule has 1 amide bonds. The zero-order chi connectivity index (χ0) is 21.3. The molecule has 4 rings (SSSR count). The van der Waals surface area contributed by atoms with Crippen LogP contribution in [0.2, 0.25) is 10.0 Å². The number of halogens is 2. The van der Waals surface area contributed by atoms with E-state index in [1.54, 1.807) is 24.3 Å². The molecular formula is C22H22Cl2N2O4. The lowest BCUT2D eigenvalue weighted by Crippen LogP contribution is -2.36. The Morgan fingerprint density at radius 3 is 2.57 bits per heavy atom. The number of nitrogens with one attached hydrogen (secondary N) is 1. The van der Waals surface area contributed by atoms with E-state index in [2.05, 4.69) is 10.2 Å². The van der Waals surface area contributed by atoms with E-state index in [0.717, 1.165) is 30.8 Å². The van der Waals surface area contributed by atoms with Gasteiger partial charge in [-0.1, -0.05) is 29.3 Å². The predicted octanol–water partition coefficient (Wildman–Crippen LogP) is 4.36. The molecule has 0 bridgehead atoms. The first-order valence-corrected chi connectivity index (χ1v) is 10.5. The number of nitrogens with zero attached hydrogens (tertiary/aromatic N) is 1. The normalized spacial score (nSPS) is 20.6. The fourth-order valence-corrected chi connectivity index (χ4v) is 4.07. The molecule has 1 N–H and O–H groups in total. The Kier molecular flexibility index (Phi) is 6.18. The highest BCUT2D eigenvalue weighted by atomic mass is 35.5. The third kappa shape index (κ3) is 4.41. The Morgan fingerprint density at radius 2 is 1.87 bits per heavy atom. The van der Waals surface area contributed by atoms with Crippen molar-refractivity contribution in [2.24, 2.45) is 5.92 Å². The number of hydrogen-bond acceptors (Lipinski definition) is 5. The van der Waals surface area contributed by atoms with Crippen molar-refractivity contribution in [3.05, 3.63) is 57.6 Å². The van der Waals surface area contributed by atoms with Crippen molar-refractivity contribution in [3.63, 3.8) is 0 Å². The lowest BCUT2D eigenvalue weighted by Gasteiger charge is -2.29. The summed E-state index contributed by atoms with van der Waals surface area (Å²) in [4.78, 5) is 27.3. The van der Waals surface area contributed by atoms with E-state index in [-0.39, 0.29) is 17.7 Å². The zero-order valence-corrected chi connectivity index (χ0v) is 18.0. The number of anilines is 2. The summed E-state index contributed by atoms with van der Waals surface area (Å²) < 4.78 is 10.3. The lowest BCUT2D eigenvalue weighted by molar-refractivity contribution is -0.117. The number of rotatable bonds is 5. The molecule has 0 aromatic heterocycles. The zero-order valence-electron chi connectivity index (χ0n) is 16.5. The standard InChI is InChI=1S/C22H22Cl2N2O4/c1-29-22(28)17-11-14(26-6-8-30-9-7-26)3-5-20(17)25-21(27)16-12-15(16)13-2-4-18(23)19(24)10-13/h2-5,10-11,15-16H,6-9,12H2,1H3,(H,25,27). The van der Waals surface area contributed by atoms with E-state index in [1.807, 2.05) is 12.1 Å². The average Bonchev–Trinajstić information content (AvgIpc) is 3.57. The van der Waals surface area contributed by atoms with Crippen LogP contribution in [0, 0.1) is 5.92 Å². The number of amides is 1. The van der Waals surface area contributed by atoms with Gasteiger partial charge in [0.05, 0.1) is 41.6 Å². The van der Waals surface area contributed by atoms with Gasteiger partial charge >= 0.3 is 5.97 Å². The van der Waals surface area contributed by atoms with Gasteiger partial charge in [-0.2, -0.15) is 0 Å². The minimum absolute atomic E-state index is 0.0916. The van der Waals surface area contributed by atoms with Gasteiger partial charge in [0.2, 0.25) is 5.91 Å². The molecule has 1 aliphatic carbocycles. The Bertz CT molecular complexity index is 976. The minimum atomic E-state index is -0.489. The number of carbonyl (C=O) groups excluding carboxylic acids is 2. The van der Waals surface area contributed by atoms with Gasteiger partial charge in [0.15, 0.2) is 0 Å². The van der Waals surface area contributed by atoms with Crippen LogP contribution in [0.25, 0.3) is 0 Å². The molecule has 1 saturated carbocycles. The van der Waals surface area contributed by atoms with Crippen molar-refractivity contribution >= 4 is 46.5 Å². The van der Waals surface area contributed by atoms with E-state index < -0.39 is 5.97 Å². The topological polar surface area (TPSA) is 67.9 Å². The largest absolute Gasteiger partial charge is 0.465 e. The van der Waals surface area contributed by atoms with Gasteiger partial charge in [-0.25, -0.2) is 4.79 Å². The Hall–Kier alpha value is -2.28. The summed E-state index contributed by atoms with van der Waals surface area (Å²) in [7, 11) is 1.33. The molecule has 1 aliphatic heterocycles. The monoisotopic (exact) mass is 448 g/mol. The Labute approximate surface area is 185 Å². The predicted molar refractivity (Wildman–Crippen MR) is 117 cm³/mol. The molecule has 6 nitrogen and oxygen atoms in total. The second-order valence-electron chi connectivity index (χ2n) is 7.43. The molecule has 0 radical (unpaired) electrons. The molecule has 2 aliphatic rings. The second kappa shape index (κ2) is 8.84. The summed E-state index contributed by atoms with van der Waals surface area (Å²) in [6.45, 7) is 2.78. The van der Waals surface area contributed by atoms with Crippen LogP contribution < -0.4 is 10.2 Å². The van der Waals surface area contributed by atoms with Gasteiger partial charge in [-0.15, -0.1) is 0 Å². The highest BCUT2D eigenvalue weighted by Gasteiger charge is 2.44. The van der Waals surface area contributed by atoms with E-state index >= 15 is 0 Å². The van der Waals surface area contributed by atoms with Crippen molar-refractivity contribution in [2.45, 2.75) is 12.3 Å². The van der Waals surface area contributed by atoms with Gasteiger partial charge in [0.1, 0.15) is 0 Å². The molecule has 2 aromatic rings. The van der Waals surface area contributed by atoms with Gasteiger partial charge < -0.3 is 19.7 Å². The number of carbonyl (C=O) groups is 2. The first-order valence-electron chi connectivity index (χ1n) is 9.79. The number of benzene rings is 2. The smallest absolute Gasteiger partial charge is 0.340 e. The van der Waals surface area contributed by atoms with Crippen LogP contribution in [0.4, 0.5) is 11.4 Å². The molecule has 0 spiro atoms. The maximum Gasteiger partial charge on any atom is 0.340 e. The van der Waals surface area contributed by atoms with Gasteiger partial charge in [0, 0.05) is 24.7 Å². The van der Waals surface area contributed by atoms with E-state index in [0.29, 0.717) is 34.5 Å². The first kappa shape index (κ1) is 21.0. The van der Waals surface area contributed by atoms with Crippen LogP contribution in [0.3, 0.4) is 0 Å². The summed E-state index contributed by atoms with van der Waals surface area (Å²) in [6.07, 6.45) is 0.725. The van der Waals surface area contributed by atoms with Gasteiger partial charge in [-0.3, -0.25) is 4.79 Å². The first-order chi connectivity index (χ1) is 14.5. The molecule has 2 fully saturated rings. The van der Waals surface area contributed by atoms with Crippen LogP contribution in [0.15, 0.2) is 36.4 Å². The Balaban J connectivity index is 1.50. The minimum Gasteiger partial charge on any atom is -0.465 e. The summed E-state index contributed by atoms with van der Waals surface area (Å²) in [5.41, 5.74) is 2.67. The second-order valence-corrected chi connectivity index (χ2v) is 8.25. The van der Waals surface area contributed by atoms with Crippen molar-refractivity contribution in [1.82, 2.24) is 0 Å². The van der Waals surface area contributed by atoms with E-state index in [9.17, 15) is 9.59 Å².